The van der Waals surface area contributed by atoms with Gasteiger partial charge in [0.2, 0.25) is 5.91 Å². The quantitative estimate of drug-likeness (QED) is 0.804. The third-order valence-electron chi connectivity index (χ3n) is 2.35. The minimum atomic E-state index is 0.00462. The highest BCUT2D eigenvalue weighted by Crippen LogP contribution is 2.13. The Hall–Kier alpha value is -2.24. The van der Waals surface area contributed by atoms with Gasteiger partial charge in [0, 0.05) is 26.1 Å². The highest BCUT2D eigenvalue weighted by atomic mass is 16.1. The van der Waals surface area contributed by atoms with Gasteiger partial charge in [-0.15, -0.1) is 0 Å². The number of H-pyrrole nitrogens is 1. The number of amides is 1. The molecule has 0 radical (unpaired) electrons. The molecule has 0 fully saturated rings. The van der Waals surface area contributed by atoms with E-state index in [-0.39, 0.29) is 5.91 Å². The summed E-state index contributed by atoms with van der Waals surface area (Å²) in [6, 6.07) is 1.80. The van der Waals surface area contributed by atoms with E-state index in [1.54, 1.807) is 25.5 Å². The van der Waals surface area contributed by atoms with Gasteiger partial charge in [0.05, 0.1) is 17.6 Å². The van der Waals surface area contributed by atoms with E-state index < -0.39 is 0 Å². The van der Waals surface area contributed by atoms with Gasteiger partial charge in [0.25, 0.3) is 0 Å². The summed E-state index contributed by atoms with van der Waals surface area (Å²) in [4.78, 5) is 26.4. The zero-order valence-corrected chi connectivity index (χ0v) is 9.47. The normalized spacial score (nSPS) is 10.2. The van der Waals surface area contributed by atoms with Gasteiger partial charge >= 0.3 is 0 Å². The summed E-state index contributed by atoms with van der Waals surface area (Å²) in [5, 5.41) is 2.57. The number of hydrogen-bond acceptors (Lipinski definition) is 4. The zero-order chi connectivity index (χ0) is 12.1. The summed E-state index contributed by atoms with van der Waals surface area (Å²) >= 11 is 0. The first-order valence-corrected chi connectivity index (χ1v) is 5.30. The van der Waals surface area contributed by atoms with Gasteiger partial charge in [0.15, 0.2) is 0 Å². The van der Waals surface area contributed by atoms with Crippen LogP contribution in [0.2, 0.25) is 0 Å². The fraction of sp³-hybridized carbons (Fsp3) is 0.273. The molecule has 1 amide bonds. The van der Waals surface area contributed by atoms with Gasteiger partial charge in [0.1, 0.15) is 12.2 Å². The van der Waals surface area contributed by atoms with Crippen molar-refractivity contribution < 1.29 is 4.79 Å². The number of imidazole rings is 1. The predicted octanol–water partition coefficient (Wildman–Crippen LogP) is 0.545. The van der Waals surface area contributed by atoms with Crippen molar-refractivity contribution in [2.24, 2.45) is 0 Å². The molecule has 2 rings (SSSR count). The lowest BCUT2D eigenvalue weighted by Crippen LogP contribution is -2.18. The smallest absolute Gasteiger partial charge is 0.220 e. The second-order valence-electron chi connectivity index (χ2n) is 3.51. The molecule has 0 unspecified atom stereocenters. The van der Waals surface area contributed by atoms with Crippen molar-refractivity contribution in [1.82, 2.24) is 25.3 Å². The number of aromatic nitrogens is 4. The van der Waals surface area contributed by atoms with Crippen molar-refractivity contribution in [3.63, 3.8) is 0 Å². The van der Waals surface area contributed by atoms with E-state index in [0.29, 0.717) is 12.8 Å². The minimum Gasteiger partial charge on any atom is -0.359 e. The lowest BCUT2D eigenvalue weighted by atomic mass is 10.3. The Bertz CT molecular complexity index is 494. The van der Waals surface area contributed by atoms with Crippen LogP contribution in [-0.2, 0) is 11.2 Å². The lowest BCUT2D eigenvalue weighted by molar-refractivity contribution is -0.120. The third-order valence-corrected chi connectivity index (χ3v) is 2.35. The molecule has 0 aromatic carbocycles. The first kappa shape index (κ1) is 11.3. The highest BCUT2D eigenvalue weighted by Gasteiger charge is 2.05. The van der Waals surface area contributed by atoms with Crippen LogP contribution in [-0.4, -0.2) is 32.9 Å². The number of aromatic amines is 1. The van der Waals surface area contributed by atoms with Crippen molar-refractivity contribution in [2.75, 3.05) is 7.05 Å². The standard InChI is InChI=1S/C11H13N5O/c1-12-11(17)3-2-10-14-6-9(16-10)8-4-5-13-7-15-8/h4-7H,2-3H2,1H3,(H,12,17)(H,14,16). The lowest BCUT2D eigenvalue weighted by Gasteiger charge is -1.97. The Kier molecular flexibility index (Phi) is 3.44. The molecular weight excluding hydrogens is 218 g/mol. The molecule has 0 bridgehead atoms. The second kappa shape index (κ2) is 5.20. The topological polar surface area (TPSA) is 83.6 Å². The molecule has 2 heterocycles. The van der Waals surface area contributed by atoms with Gasteiger partial charge in [-0.1, -0.05) is 0 Å². The molecule has 88 valence electrons. The summed E-state index contributed by atoms with van der Waals surface area (Å²) < 4.78 is 0. The van der Waals surface area contributed by atoms with Crippen molar-refractivity contribution in [2.45, 2.75) is 12.8 Å². The molecule has 0 atom stereocenters. The summed E-state index contributed by atoms with van der Waals surface area (Å²) in [5.74, 6) is 0.784. The molecule has 0 aliphatic carbocycles. The Morgan fingerprint density at radius 3 is 3.06 bits per heavy atom. The summed E-state index contributed by atoms with van der Waals surface area (Å²) in [6.07, 6.45) is 5.88. The van der Waals surface area contributed by atoms with Gasteiger partial charge in [-0.25, -0.2) is 15.0 Å². The van der Waals surface area contributed by atoms with Crippen LogP contribution in [0.25, 0.3) is 11.4 Å². The number of hydrogen-bond donors (Lipinski definition) is 2. The average Bonchev–Trinajstić information content (AvgIpc) is 2.86. The van der Waals surface area contributed by atoms with Crippen LogP contribution in [0.3, 0.4) is 0 Å². The van der Waals surface area contributed by atoms with Crippen LogP contribution in [0.4, 0.5) is 0 Å². The fourth-order valence-corrected chi connectivity index (χ4v) is 1.43. The largest absolute Gasteiger partial charge is 0.359 e. The molecule has 0 saturated heterocycles. The average molecular weight is 231 g/mol. The molecule has 2 aromatic rings. The molecule has 0 aliphatic heterocycles. The molecular formula is C11H13N5O. The Morgan fingerprint density at radius 2 is 2.35 bits per heavy atom. The SMILES string of the molecule is CNC(=O)CCc1ncc(-c2ccncn2)[nH]1. The monoisotopic (exact) mass is 231 g/mol. The number of nitrogens with zero attached hydrogens (tertiary/aromatic N) is 3. The van der Waals surface area contributed by atoms with Crippen LogP contribution in [0, 0.1) is 0 Å². The van der Waals surface area contributed by atoms with Crippen LogP contribution in [0.1, 0.15) is 12.2 Å². The second-order valence-corrected chi connectivity index (χ2v) is 3.51. The number of rotatable bonds is 4. The Labute approximate surface area is 98.5 Å². The van der Waals surface area contributed by atoms with Crippen molar-refractivity contribution >= 4 is 5.91 Å². The highest BCUT2D eigenvalue weighted by molar-refractivity contribution is 5.75. The van der Waals surface area contributed by atoms with E-state index in [1.165, 1.54) is 6.33 Å². The zero-order valence-electron chi connectivity index (χ0n) is 9.47. The van der Waals surface area contributed by atoms with Crippen LogP contribution in [0.5, 0.6) is 0 Å². The molecule has 0 saturated carbocycles. The maximum absolute atomic E-state index is 11.1. The van der Waals surface area contributed by atoms with Gasteiger partial charge in [-0.3, -0.25) is 4.79 Å². The van der Waals surface area contributed by atoms with E-state index in [4.69, 9.17) is 0 Å². The number of aryl methyl sites for hydroxylation is 1. The number of nitrogens with one attached hydrogen (secondary N) is 2. The van der Waals surface area contributed by atoms with E-state index in [0.717, 1.165) is 17.2 Å². The molecule has 0 aliphatic rings. The molecule has 2 aromatic heterocycles. The maximum Gasteiger partial charge on any atom is 0.220 e. The fourth-order valence-electron chi connectivity index (χ4n) is 1.43. The number of carbonyl (C=O) groups is 1. The van der Waals surface area contributed by atoms with E-state index in [1.807, 2.05) is 0 Å². The first-order valence-electron chi connectivity index (χ1n) is 5.30. The summed E-state index contributed by atoms with van der Waals surface area (Å²) in [6.45, 7) is 0. The molecule has 6 nitrogen and oxygen atoms in total. The van der Waals surface area contributed by atoms with Crippen molar-refractivity contribution in [3.05, 3.63) is 30.6 Å². The van der Waals surface area contributed by atoms with Gasteiger partial charge in [-0.05, 0) is 6.07 Å². The maximum atomic E-state index is 11.1. The predicted molar refractivity (Wildman–Crippen MR) is 62.0 cm³/mol. The van der Waals surface area contributed by atoms with Crippen molar-refractivity contribution in [1.29, 1.82) is 0 Å². The third kappa shape index (κ3) is 2.87. The summed E-state index contributed by atoms with van der Waals surface area (Å²) in [5.41, 5.74) is 1.62. The molecule has 6 heteroatoms. The van der Waals surface area contributed by atoms with Gasteiger partial charge < -0.3 is 10.3 Å². The Balaban J connectivity index is 2.04. The molecule has 17 heavy (non-hydrogen) atoms. The van der Waals surface area contributed by atoms with Crippen LogP contribution in [0.15, 0.2) is 24.8 Å². The van der Waals surface area contributed by atoms with E-state index >= 15 is 0 Å². The van der Waals surface area contributed by atoms with E-state index in [2.05, 4.69) is 25.3 Å². The van der Waals surface area contributed by atoms with Gasteiger partial charge in [-0.2, -0.15) is 0 Å². The number of carbonyl (C=O) groups excluding carboxylic acids is 1. The first-order chi connectivity index (χ1) is 8.29. The van der Waals surface area contributed by atoms with Crippen LogP contribution < -0.4 is 5.32 Å². The molecule has 0 spiro atoms. The van der Waals surface area contributed by atoms with Crippen molar-refractivity contribution in [3.8, 4) is 11.4 Å². The van der Waals surface area contributed by atoms with Crippen LogP contribution >= 0.6 is 0 Å². The minimum absolute atomic E-state index is 0.00462. The Morgan fingerprint density at radius 1 is 1.47 bits per heavy atom. The van der Waals surface area contributed by atoms with E-state index in [9.17, 15) is 4.79 Å². The molecule has 2 N–H and O–H groups in total. The summed E-state index contributed by atoms with van der Waals surface area (Å²) in [7, 11) is 1.62.